The van der Waals surface area contributed by atoms with Crippen molar-refractivity contribution >= 4 is 15.9 Å². The lowest BCUT2D eigenvalue weighted by atomic mass is 9.77. The van der Waals surface area contributed by atoms with E-state index in [9.17, 15) is 5.11 Å². The maximum atomic E-state index is 10.8. The monoisotopic (exact) mass is 310 g/mol. The van der Waals surface area contributed by atoms with Crippen LogP contribution in [0.4, 0.5) is 0 Å². The van der Waals surface area contributed by atoms with Crippen LogP contribution in [0.15, 0.2) is 22.7 Å². The van der Waals surface area contributed by atoms with E-state index in [2.05, 4.69) is 54.9 Å². The van der Waals surface area contributed by atoms with Crippen molar-refractivity contribution in [2.24, 2.45) is 0 Å². The van der Waals surface area contributed by atoms with Crippen LogP contribution in [-0.2, 0) is 11.0 Å². The van der Waals surface area contributed by atoms with Crippen molar-refractivity contribution in [3.05, 3.63) is 33.8 Å². The lowest BCUT2D eigenvalue weighted by Crippen LogP contribution is -2.29. The molecule has 0 radical (unpaired) electrons. The van der Waals surface area contributed by atoms with Crippen LogP contribution < -0.4 is 0 Å². The zero-order valence-corrected chi connectivity index (χ0v) is 13.2. The predicted octanol–water partition coefficient (Wildman–Crippen LogP) is 4.90. The fraction of sp³-hybridized carbons (Fsp3) is 0.625. The molecule has 0 amide bonds. The molecule has 0 atom stereocenters. The van der Waals surface area contributed by atoms with Crippen LogP contribution in [0, 0.1) is 0 Å². The van der Waals surface area contributed by atoms with Crippen LogP contribution in [-0.4, -0.2) is 5.11 Å². The van der Waals surface area contributed by atoms with E-state index in [1.807, 2.05) is 0 Å². The van der Waals surface area contributed by atoms with E-state index in [4.69, 9.17) is 0 Å². The first kappa shape index (κ1) is 14.1. The van der Waals surface area contributed by atoms with Gasteiger partial charge in [-0.25, -0.2) is 0 Å². The van der Waals surface area contributed by atoms with Gasteiger partial charge in [0.05, 0.1) is 5.60 Å². The van der Waals surface area contributed by atoms with Gasteiger partial charge in [0.25, 0.3) is 0 Å². The Labute approximate surface area is 119 Å². The first-order valence-corrected chi connectivity index (χ1v) is 7.65. The molecule has 2 heteroatoms. The Morgan fingerprint density at radius 3 is 2.28 bits per heavy atom. The van der Waals surface area contributed by atoms with Crippen LogP contribution >= 0.6 is 15.9 Å². The quantitative estimate of drug-likeness (QED) is 0.782. The van der Waals surface area contributed by atoms with Crippen LogP contribution in [0.3, 0.4) is 0 Å². The molecule has 1 fully saturated rings. The molecule has 1 nitrogen and oxygen atoms in total. The third-order valence-corrected chi connectivity index (χ3v) is 4.68. The average Bonchev–Trinajstić information content (AvgIpc) is 2.28. The number of benzene rings is 1. The Bertz CT molecular complexity index is 425. The maximum Gasteiger partial charge on any atom is 0.0896 e. The number of halogens is 1. The van der Waals surface area contributed by atoms with E-state index in [0.29, 0.717) is 0 Å². The molecule has 0 spiro atoms. The van der Waals surface area contributed by atoms with Crippen molar-refractivity contribution in [2.45, 2.75) is 63.9 Å². The largest absolute Gasteiger partial charge is 0.385 e. The van der Waals surface area contributed by atoms with Gasteiger partial charge in [0.15, 0.2) is 0 Å². The van der Waals surface area contributed by atoms with Gasteiger partial charge >= 0.3 is 0 Å². The fourth-order valence-corrected chi connectivity index (χ4v) is 3.66. The number of hydrogen-bond acceptors (Lipinski definition) is 1. The second-order valence-corrected chi connectivity index (χ2v) is 7.39. The molecule has 1 aliphatic carbocycles. The number of hydrogen-bond donors (Lipinski definition) is 1. The van der Waals surface area contributed by atoms with Crippen molar-refractivity contribution in [1.82, 2.24) is 0 Å². The molecule has 1 aromatic rings. The molecule has 0 unspecified atom stereocenters. The minimum atomic E-state index is -0.598. The lowest BCUT2D eigenvalue weighted by molar-refractivity contribution is -0.000746. The highest BCUT2D eigenvalue weighted by atomic mass is 79.9. The molecule has 2 rings (SSSR count). The summed E-state index contributed by atoms with van der Waals surface area (Å²) < 4.78 is 1.14. The van der Waals surface area contributed by atoms with E-state index in [1.165, 1.54) is 12.0 Å². The van der Waals surface area contributed by atoms with Gasteiger partial charge in [0.1, 0.15) is 0 Å². The molecule has 0 aliphatic heterocycles. The molecule has 1 aromatic carbocycles. The van der Waals surface area contributed by atoms with Gasteiger partial charge < -0.3 is 5.11 Å². The van der Waals surface area contributed by atoms with Crippen LogP contribution in [0.1, 0.15) is 64.0 Å². The van der Waals surface area contributed by atoms with E-state index in [0.717, 1.165) is 35.7 Å². The van der Waals surface area contributed by atoms with E-state index in [1.54, 1.807) is 0 Å². The van der Waals surface area contributed by atoms with Gasteiger partial charge in [-0.1, -0.05) is 68.1 Å². The Kier molecular flexibility index (Phi) is 3.89. The molecule has 0 heterocycles. The van der Waals surface area contributed by atoms with E-state index in [-0.39, 0.29) is 5.41 Å². The number of aliphatic hydroxyl groups is 1. The molecule has 1 N–H and O–H groups in total. The summed E-state index contributed by atoms with van der Waals surface area (Å²) in [6.45, 7) is 6.63. The summed E-state index contributed by atoms with van der Waals surface area (Å²) in [6, 6.07) is 6.35. The lowest BCUT2D eigenvalue weighted by Gasteiger charge is -2.34. The topological polar surface area (TPSA) is 20.2 Å². The minimum absolute atomic E-state index is 0.0971. The van der Waals surface area contributed by atoms with Crippen molar-refractivity contribution in [1.29, 1.82) is 0 Å². The van der Waals surface area contributed by atoms with Crippen LogP contribution in [0.2, 0.25) is 0 Å². The highest BCUT2D eigenvalue weighted by molar-refractivity contribution is 9.10. The summed E-state index contributed by atoms with van der Waals surface area (Å²) in [7, 11) is 0. The maximum absolute atomic E-state index is 10.8. The van der Waals surface area contributed by atoms with E-state index >= 15 is 0 Å². The van der Waals surface area contributed by atoms with Crippen molar-refractivity contribution in [3.63, 3.8) is 0 Å². The smallest absolute Gasteiger partial charge is 0.0896 e. The Balaban J connectivity index is 2.40. The first-order valence-electron chi connectivity index (χ1n) is 6.86. The molecule has 0 saturated heterocycles. The van der Waals surface area contributed by atoms with Gasteiger partial charge in [0, 0.05) is 4.47 Å². The van der Waals surface area contributed by atoms with Gasteiger partial charge in [-0.05, 0) is 35.4 Å². The van der Waals surface area contributed by atoms with Gasteiger partial charge in [-0.2, -0.15) is 0 Å². The van der Waals surface area contributed by atoms with Crippen LogP contribution in [0.25, 0.3) is 0 Å². The predicted molar refractivity (Wildman–Crippen MR) is 79.8 cm³/mol. The zero-order valence-electron chi connectivity index (χ0n) is 11.6. The molecular weight excluding hydrogens is 288 g/mol. The van der Waals surface area contributed by atoms with E-state index < -0.39 is 5.60 Å². The normalized spacial score (nSPS) is 19.8. The molecule has 100 valence electrons. The van der Waals surface area contributed by atoms with Gasteiger partial charge in [-0.15, -0.1) is 0 Å². The summed E-state index contributed by atoms with van der Waals surface area (Å²) >= 11 is 3.63. The SMILES string of the molecule is CC(C)(C)c1cc(C2(O)CCCCC2)ccc1Br. The Morgan fingerprint density at radius 1 is 1.11 bits per heavy atom. The minimum Gasteiger partial charge on any atom is -0.385 e. The molecule has 1 aliphatic rings. The summed E-state index contributed by atoms with van der Waals surface area (Å²) in [5.41, 5.74) is 1.87. The third-order valence-electron chi connectivity index (χ3n) is 3.99. The highest BCUT2D eigenvalue weighted by Crippen LogP contribution is 2.40. The van der Waals surface area contributed by atoms with Crippen LogP contribution in [0.5, 0.6) is 0 Å². The molecule has 0 bridgehead atoms. The second kappa shape index (κ2) is 4.97. The molecule has 0 aromatic heterocycles. The van der Waals surface area contributed by atoms with Gasteiger partial charge in [0.2, 0.25) is 0 Å². The molecule has 18 heavy (non-hydrogen) atoms. The summed E-state index contributed by atoms with van der Waals surface area (Å²) in [5.74, 6) is 0. The average molecular weight is 311 g/mol. The molecule has 1 saturated carbocycles. The van der Waals surface area contributed by atoms with Gasteiger partial charge in [-0.3, -0.25) is 0 Å². The standard InChI is InChI=1S/C16H23BrO/c1-15(2,3)13-11-12(7-8-14(13)17)16(18)9-5-4-6-10-16/h7-8,11,18H,4-6,9-10H2,1-3H3. The number of rotatable bonds is 1. The summed E-state index contributed by atoms with van der Waals surface area (Å²) in [5, 5.41) is 10.8. The fourth-order valence-electron chi connectivity index (χ4n) is 2.81. The summed E-state index contributed by atoms with van der Waals surface area (Å²) in [6.07, 6.45) is 5.33. The molecular formula is C16H23BrO. The van der Waals surface area contributed by atoms with Crippen molar-refractivity contribution < 1.29 is 5.11 Å². The third kappa shape index (κ3) is 2.80. The highest BCUT2D eigenvalue weighted by Gasteiger charge is 2.32. The van der Waals surface area contributed by atoms with Crippen molar-refractivity contribution in [2.75, 3.05) is 0 Å². The Hall–Kier alpha value is -0.340. The second-order valence-electron chi connectivity index (χ2n) is 6.54. The Morgan fingerprint density at radius 2 is 1.72 bits per heavy atom. The summed E-state index contributed by atoms with van der Waals surface area (Å²) in [4.78, 5) is 0. The zero-order chi connectivity index (χ0) is 13.4. The van der Waals surface area contributed by atoms with Crippen molar-refractivity contribution in [3.8, 4) is 0 Å². The first-order chi connectivity index (χ1) is 8.33.